The molecule has 0 rings (SSSR count). The van der Waals surface area contributed by atoms with Crippen LogP contribution in [0.4, 0.5) is 0 Å². The quantitative estimate of drug-likeness (QED) is 0.0211. The summed E-state index contributed by atoms with van der Waals surface area (Å²) in [5.41, 5.74) is 0. The minimum absolute atomic E-state index is 0.182. The molecule has 0 aromatic carbocycles. The van der Waals surface area contributed by atoms with Gasteiger partial charge in [0, 0.05) is 12.8 Å². The molecule has 67 heavy (non-hydrogen) atoms. The predicted molar refractivity (Wildman–Crippen MR) is 281 cm³/mol. The lowest BCUT2D eigenvalue weighted by Gasteiger charge is -2.25. The number of ether oxygens (including phenoxy) is 4. The maximum absolute atomic E-state index is 12.8. The molecular weight excluding hydrogens is 839 g/mol. The molecule has 0 heterocycles. The summed E-state index contributed by atoms with van der Waals surface area (Å²) in [4.78, 5) is 37.4. The van der Waals surface area contributed by atoms with Crippen molar-refractivity contribution in [2.45, 2.75) is 245 Å². The van der Waals surface area contributed by atoms with Crippen molar-refractivity contribution >= 4 is 17.9 Å². The van der Waals surface area contributed by atoms with Crippen molar-refractivity contribution in [3.8, 4) is 0 Å². The Morgan fingerprint density at radius 2 is 0.806 bits per heavy atom. The van der Waals surface area contributed by atoms with Crippen LogP contribution < -0.4 is 0 Å². The van der Waals surface area contributed by atoms with E-state index in [4.69, 9.17) is 18.9 Å². The third-order valence-electron chi connectivity index (χ3n) is 11.7. The van der Waals surface area contributed by atoms with E-state index in [9.17, 15) is 19.5 Å². The maximum Gasteiger partial charge on any atom is 0.361 e. The van der Waals surface area contributed by atoms with Gasteiger partial charge in [-0.15, -0.1) is 0 Å². The first-order valence-electron chi connectivity index (χ1n) is 27.5. The van der Waals surface area contributed by atoms with Crippen LogP contribution >= 0.6 is 0 Å². The molecule has 0 aliphatic carbocycles. The first-order valence-corrected chi connectivity index (χ1v) is 27.5. The highest BCUT2D eigenvalue weighted by molar-refractivity contribution is 5.71. The summed E-state index contributed by atoms with van der Waals surface area (Å²) in [5.74, 6) is -2.03. The van der Waals surface area contributed by atoms with Crippen LogP contribution in [0.3, 0.4) is 0 Å². The summed E-state index contributed by atoms with van der Waals surface area (Å²) in [6, 6.07) is 0. The van der Waals surface area contributed by atoms with Crippen molar-refractivity contribution in [1.29, 1.82) is 0 Å². The summed E-state index contributed by atoms with van der Waals surface area (Å²) in [6.45, 7) is 4.84. The van der Waals surface area contributed by atoms with Crippen LogP contribution in [0.15, 0.2) is 60.8 Å². The van der Waals surface area contributed by atoms with E-state index in [0.717, 1.165) is 77.0 Å². The van der Waals surface area contributed by atoms with E-state index in [-0.39, 0.29) is 32.2 Å². The van der Waals surface area contributed by atoms with Crippen LogP contribution in [0.25, 0.3) is 0 Å². The number of carbonyl (C=O) groups excluding carboxylic acids is 2. The molecule has 0 amide bonds. The van der Waals surface area contributed by atoms with E-state index >= 15 is 0 Å². The van der Waals surface area contributed by atoms with E-state index in [1.165, 1.54) is 122 Å². The second-order valence-corrected chi connectivity index (χ2v) is 19.5. The summed E-state index contributed by atoms with van der Waals surface area (Å²) in [7, 11) is 5.96. The number of carbonyl (C=O) groups is 3. The number of carboxylic acid groups (broad SMARTS) is 1. The number of rotatable bonds is 50. The molecule has 0 fully saturated rings. The Morgan fingerprint density at radius 3 is 1.19 bits per heavy atom. The molecule has 0 aliphatic heterocycles. The Morgan fingerprint density at radius 1 is 0.448 bits per heavy atom. The predicted octanol–water partition coefficient (Wildman–Crippen LogP) is 15.7. The Labute approximate surface area is 412 Å². The van der Waals surface area contributed by atoms with Gasteiger partial charge in [-0.05, 0) is 83.5 Å². The lowest BCUT2D eigenvalue weighted by Crippen LogP contribution is -2.40. The lowest BCUT2D eigenvalue weighted by molar-refractivity contribution is -0.870. The average molecular weight is 943 g/mol. The summed E-state index contributed by atoms with van der Waals surface area (Å²) >= 11 is 0. The minimum atomic E-state index is -1.52. The standard InChI is InChI=1S/C58H103NO8/c1-6-8-10-12-14-16-18-20-22-24-26-28-30-32-34-36-38-40-42-44-46-48-55(60)65-52-54(53-66-58(57(62)63)64-51-50-59(3,4)5)67-56(61)49-47-45-43-41-39-37-35-33-31-29-27-25-23-21-19-17-15-13-11-9-7-2/h18-21,24-27,31,33,54,58H,6-17,22-23,28-30,32,34-53H2,1-5H3/p+1/b20-18-,21-19-,26-24-,27-25-,33-31-. The lowest BCUT2D eigenvalue weighted by atomic mass is 10.1. The van der Waals surface area contributed by atoms with Crippen LogP contribution in [0.2, 0.25) is 0 Å². The SMILES string of the molecule is CCCCCCC/C=C\C/C=C\C/C=C\CCCCCCCCC(=O)OC(COC(=O)CCCCCCCCCCC/C=C\C/C=C\CCCCCCC)COC(OCC[N+](C)(C)C)C(=O)O. The van der Waals surface area contributed by atoms with E-state index in [1.807, 2.05) is 21.1 Å². The van der Waals surface area contributed by atoms with Gasteiger partial charge >= 0.3 is 17.9 Å². The summed E-state index contributed by atoms with van der Waals surface area (Å²) in [5, 5.41) is 9.69. The van der Waals surface area contributed by atoms with Crippen molar-refractivity contribution < 1.29 is 42.9 Å². The number of likely N-dealkylation sites (N-methyl/N-ethyl adjacent to an activating group) is 1. The zero-order chi connectivity index (χ0) is 49.2. The van der Waals surface area contributed by atoms with E-state index in [1.54, 1.807) is 0 Å². The van der Waals surface area contributed by atoms with Crippen molar-refractivity contribution in [1.82, 2.24) is 0 Å². The number of hydrogen-bond donors (Lipinski definition) is 1. The zero-order valence-corrected chi connectivity index (χ0v) is 44.1. The summed E-state index contributed by atoms with van der Waals surface area (Å²) < 4.78 is 22.8. The molecule has 2 atom stereocenters. The molecule has 388 valence electrons. The fourth-order valence-electron chi connectivity index (χ4n) is 7.46. The normalized spacial score (nSPS) is 13.3. The third kappa shape index (κ3) is 50.7. The second kappa shape index (κ2) is 49.4. The molecule has 0 aromatic rings. The van der Waals surface area contributed by atoms with Gasteiger partial charge in [0.25, 0.3) is 6.29 Å². The molecule has 0 aliphatic rings. The van der Waals surface area contributed by atoms with Gasteiger partial charge < -0.3 is 28.5 Å². The van der Waals surface area contributed by atoms with Gasteiger partial charge in [-0.1, -0.05) is 197 Å². The molecule has 9 heteroatoms. The zero-order valence-electron chi connectivity index (χ0n) is 44.1. The number of carboxylic acids is 1. The largest absolute Gasteiger partial charge is 0.477 e. The van der Waals surface area contributed by atoms with Gasteiger partial charge in [0.1, 0.15) is 13.2 Å². The molecule has 0 saturated heterocycles. The average Bonchev–Trinajstić information content (AvgIpc) is 3.29. The Bertz CT molecular complexity index is 1280. The van der Waals surface area contributed by atoms with E-state index in [2.05, 4.69) is 74.6 Å². The van der Waals surface area contributed by atoms with Crippen LogP contribution in [0.5, 0.6) is 0 Å². The van der Waals surface area contributed by atoms with Crippen molar-refractivity contribution in [3.63, 3.8) is 0 Å². The Balaban J connectivity index is 4.34. The van der Waals surface area contributed by atoms with E-state index < -0.39 is 24.3 Å². The van der Waals surface area contributed by atoms with E-state index in [0.29, 0.717) is 23.9 Å². The molecule has 1 N–H and O–H groups in total. The van der Waals surface area contributed by atoms with Gasteiger partial charge in [0.15, 0.2) is 6.10 Å². The molecule has 0 radical (unpaired) electrons. The van der Waals surface area contributed by atoms with Gasteiger partial charge in [0.2, 0.25) is 0 Å². The van der Waals surface area contributed by atoms with Gasteiger partial charge in [-0.3, -0.25) is 9.59 Å². The van der Waals surface area contributed by atoms with Gasteiger partial charge in [-0.25, -0.2) is 4.79 Å². The fraction of sp³-hybridized carbons (Fsp3) is 0.776. The number of hydrogen-bond acceptors (Lipinski definition) is 7. The molecule has 0 aromatic heterocycles. The van der Waals surface area contributed by atoms with Gasteiger partial charge in [-0.2, -0.15) is 0 Å². The molecule has 0 spiro atoms. The highest BCUT2D eigenvalue weighted by Gasteiger charge is 2.25. The highest BCUT2D eigenvalue weighted by atomic mass is 16.7. The number of allylic oxidation sites excluding steroid dienone is 10. The topological polar surface area (TPSA) is 108 Å². The third-order valence-corrected chi connectivity index (χ3v) is 11.7. The Hall–Kier alpha value is -3.01. The van der Waals surface area contributed by atoms with Crippen LogP contribution in [0, 0.1) is 0 Å². The van der Waals surface area contributed by atoms with Crippen molar-refractivity contribution in [3.05, 3.63) is 60.8 Å². The van der Waals surface area contributed by atoms with Crippen LogP contribution in [-0.4, -0.2) is 87.4 Å². The number of nitrogens with zero attached hydrogens (tertiary/aromatic N) is 1. The number of unbranched alkanes of at least 4 members (excludes halogenated alkanes) is 25. The highest BCUT2D eigenvalue weighted by Crippen LogP contribution is 2.15. The number of quaternary nitrogens is 1. The molecular formula is C58H104NO8+. The second-order valence-electron chi connectivity index (χ2n) is 19.5. The smallest absolute Gasteiger partial charge is 0.361 e. The van der Waals surface area contributed by atoms with Crippen LogP contribution in [-0.2, 0) is 33.3 Å². The first kappa shape index (κ1) is 64.0. The van der Waals surface area contributed by atoms with Gasteiger partial charge in [0.05, 0.1) is 34.4 Å². The van der Waals surface area contributed by atoms with Crippen molar-refractivity contribution in [2.24, 2.45) is 0 Å². The van der Waals surface area contributed by atoms with Crippen LogP contribution in [0.1, 0.15) is 232 Å². The molecule has 2 unspecified atom stereocenters. The maximum atomic E-state index is 12.8. The minimum Gasteiger partial charge on any atom is -0.477 e. The first-order chi connectivity index (χ1) is 32.6. The van der Waals surface area contributed by atoms with Crippen molar-refractivity contribution in [2.75, 3.05) is 47.5 Å². The molecule has 0 saturated carbocycles. The molecule has 0 bridgehead atoms. The number of esters is 2. The monoisotopic (exact) mass is 943 g/mol. The summed E-state index contributed by atoms with van der Waals surface area (Å²) in [6.07, 6.45) is 58.5. The fourth-order valence-corrected chi connectivity index (χ4v) is 7.46. The Kier molecular flexibility index (Phi) is 47.2. The molecule has 9 nitrogen and oxygen atoms in total. The number of aliphatic carboxylic acids is 1.